The first-order chi connectivity index (χ1) is 8.45. The highest BCUT2D eigenvalue weighted by Gasteiger charge is 2.24. The summed E-state index contributed by atoms with van der Waals surface area (Å²) in [6, 6.07) is 1.44. The molecule has 96 valence electrons. The average molecular weight is 255 g/mol. The third-order valence-corrected chi connectivity index (χ3v) is 2.30. The summed E-state index contributed by atoms with van der Waals surface area (Å²) >= 11 is 0. The van der Waals surface area contributed by atoms with Crippen molar-refractivity contribution >= 4 is 6.09 Å². The van der Waals surface area contributed by atoms with E-state index in [1.807, 2.05) is 5.32 Å². The standard InChI is InChI=1S/C12H11F2NO3/c1-2-3-10(15-12(17)18)11(16)8-6-7(13)4-5-9(8)14/h1,4-6,10-11,15-16H,3H2,(H,17,18)/t10-,11-/m0/s1. The topological polar surface area (TPSA) is 69.6 Å². The number of halogens is 2. The van der Waals surface area contributed by atoms with Crippen LogP contribution in [0.3, 0.4) is 0 Å². The number of benzene rings is 1. The zero-order valence-corrected chi connectivity index (χ0v) is 9.23. The molecule has 0 fully saturated rings. The number of carboxylic acid groups (broad SMARTS) is 1. The van der Waals surface area contributed by atoms with Gasteiger partial charge < -0.3 is 15.5 Å². The Morgan fingerprint density at radius 2 is 2.17 bits per heavy atom. The smallest absolute Gasteiger partial charge is 0.405 e. The SMILES string of the molecule is C#CC[C@H](NC(=O)O)[C@@H](O)c1cc(F)ccc1F. The second kappa shape index (κ2) is 5.98. The van der Waals surface area contributed by atoms with Crippen molar-refractivity contribution in [2.75, 3.05) is 0 Å². The molecule has 0 aromatic heterocycles. The number of aliphatic hydroxyl groups excluding tert-OH is 1. The number of rotatable bonds is 4. The van der Waals surface area contributed by atoms with Crippen molar-refractivity contribution in [3.05, 3.63) is 35.4 Å². The molecule has 3 N–H and O–H groups in total. The van der Waals surface area contributed by atoms with Crippen LogP contribution in [0.25, 0.3) is 0 Å². The van der Waals surface area contributed by atoms with E-state index < -0.39 is 29.9 Å². The van der Waals surface area contributed by atoms with E-state index in [0.29, 0.717) is 0 Å². The van der Waals surface area contributed by atoms with Crippen LogP contribution in [0.2, 0.25) is 0 Å². The van der Waals surface area contributed by atoms with Gasteiger partial charge in [-0.1, -0.05) is 0 Å². The molecule has 1 aromatic carbocycles. The van der Waals surface area contributed by atoms with Gasteiger partial charge >= 0.3 is 6.09 Å². The molecule has 1 aromatic rings. The number of terminal acetylenes is 1. The van der Waals surface area contributed by atoms with Crippen molar-refractivity contribution in [2.24, 2.45) is 0 Å². The minimum Gasteiger partial charge on any atom is -0.465 e. The predicted octanol–water partition coefficient (Wildman–Crippen LogP) is 1.66. The van der Waals surface area contributed by atoms with Crippen LogP contribution >= 0.6 is 0 Å². The molecule has 0 aliphatic heterocycles. The summed E-state index contributed by atoms with van der Waals surface area (Å²) in [5, 5.41) is 20.4. The molecular formula is C12H11F2NO3. The lowest BCUT2D eigenvalue weighted by atomic mass is 9.99. The molecule has 4 nitrogen and oxygen atoms in total. The van der Waals surface area contributed by atoms with Crippen molar-refractivity contribution in [3.63, 3.8) is 0 Å². The van der Waals surface area contributed by atoms with Gasteiger partial charge in [0.05, 0.1) is 6.04 Å². The Morgan fingerprint density at radius 3 is 2.72 bits per heavy atom. The van der Waals surface area contributed by atoms with Crippen molar-refractivity contribution in [1.29, 1.82) is 0 Å². The number of aliphatic hydroxyl groups is 1. The quantitative estimate of drug-likeness (QED) is 0.716. The van der Waals surface area contributed by atoms with E-state index in [1.165, 1.54) is 0 Å². The van der Waals surface area contributed by atoms with Gasteiger partial charge in [0.2, 0.25) is 0 Å². The molecule has 0 bridgehead atoms. The summed E-state index contributed by atoms with van der Waals surface area (Å²) in [4.78, 5) is 10.5. The molecule has 0 unspecified atom stereocenters. The summed E-state index contributed by atoms with van der Waals surface area (Å²) in [5.41, 5.74) is -0.344. The summed E-state index contributed by atoms with van der Waals surface area (Å²) in [7, 11) is 0. The monoisotopic (exact) mass is 255 g/mol. The van der Waals surface area contributed by atoms with Gasteiger partial charge in [0.25, 0.3) is 0 Å². The number of carbonyl (C=O) groups is 1. The number of amides is 1. The van der Waals surface area contributed by atoms with Crippen molar-refractivity contribution < 1.29 is 23.8 Å². The van der Waals surface area contributed by atoms with E-state index in [9.17, 15) is 18.7 Å². The largest absolute Gasteiger partial charge is 0.465 e. The van der Waals surface area contributed by atoms with Crippen LogP contribution in [0.4, 0.5) is 13.6 Å². The molecule has 0 saturated carbocycles. The molecule has 0 saturated heterocycles. The van der Waals surface area contributed by atoms with Gasteiger partial charge in [0.15, 0.2) is 0 Å². The van der Waals surface area contributed by atoms with Crippen molar-refractivity contribution in [1.82, 2.24) is 5.32 Å². The van der Waals surface area contributed by atoms with Gasteiger partial charge in [-0.15, -0.1) is 12.3 Å². The molecular weight excluding hydrogens is 244 g/mol. The molecule has 0 radical (unpaired) electrons. The lowest BCUT2D eigenvalue weighted by molar-refractivity contribution is 0.118. The summed E-state index contributed by atoms with van der Waals surface area (Å²) in [6.45, 7) is 0. The summed E-state index contributed by atoms with van der Waals surface area (Å²) in [6.07, 6.45) is 1.90. The third-order valence-electron chi connectivity index (χ3n) is 2.30. The average Bonchev–Trinajstić information content (AvgIpc) is 2.30. The summed E-state index contributed by atoms with van der Waals surface area (Å²) < 4.78 is 26.4. The van der Waals surface area contributed by atoms with Gasteiger partial charge in [-0.3, -0.25) is 0 Å². The first-order valence-corrected chi connectivity index (χ1v) is 5.01. The number of nitrogens with one attached hydrogen (secondary N) is 1. The van der Waals surface area contributed by atoms with E-state index in [1.54, 1.807) is 0 Å². The molecule has 0 heterocycles. The molecule has 2 atom stereocenters. The molecule has 0 aliphatic carbocycles. The van der Waals surface area contributed by atoms with E-state index in [0.717, 1.165) is 18.2 Å². The lowest BCUT2D eigenvalue weighted by Crippen LogP contribution is -2.38. The highest BCUT2D eigenvalue weighted by molar-refractivity contribution is 5.65. The Hall–Kier alpha value is -2.13. The lowest BCUT2D eigenvalue weighted by Gasteiger charge is -2.21. The van der Waals surface area contributed by atoms with Crippen LogP contribution in [0, 0.1) is 24.0 Å². The Kier molecular flexibility index (Phi) is 4.63. The van der Waals surface area contributed by atoms with Gasteiger partial charge in [0.1, 0.15) is 17.7 Å². The van der Waals surface area contributed by atoms with Crippen LogP contribution in [0.5, 0.6) is 0 Å². The minimum absolute atomic E-state index is 0.149. The number of hydrogen-bond acceptors (Lipinski definition) is 2. The van der Waals surface area contributed by atoms with Crippen LogP contribution in [-0.2, 0) is 0 Å². The van der Waals surface area contributed by atoms with E-state index in [2.05, 4.69) is 5.92 Å². The second-order valence-electron chi connectivity index (χ2n) is 3.57. The van der Waals surface area contributed by atoms with Crippen molar-refractivity contribution in [3.8, 4) is 12.3 Å². The fourth-order valence-corrected chi connectivity index (χ4v) is 1.49. The maximum absolute atomic E-state index is 13.4. The zero-order chi connectivity index (χ0) is 13.7. The Morgan fingerprint density at radius 1 is 1.50 bits per heavy atom. The van der Waals surface area contributed by atoms with E-state index in [-0.39, 0.29) is 12.0 Å². The highest BCUT2D eigenvalue weighted by Crippen LogP contribution is 2.22. The van der Waals surface area contributed by atoms with Gasteiger partial charge in [-0.05, 0) is 18.2 Å². The molecule has 1 rings (SSSR count). The molecule has 6 heteroatoms. The highest BCUT2D eigenvalue weighted by atomic mass is 19.1. The van der Waals surface area contributed by atoms with E-state index in [4.69, 9.17) is 11.5 Å². The molecule has 18 heavy (non-hydrogen) atoms. The molecule has 0 aliphatic rings. The fourth-order valence-electron chi connectivity index (χ4n) is 1.49. The normalized spacial score (nSPS) is 13.4. The van der Waals surface area contributed by atoms with E-state index >= 15 is 0 Å². The molecule has 1 amide bonds. The summed E-state index contributed by atoms with van der Waals surface area (Å²) in [5.74, 6) is 0.585. The van der Waals surface area contributed by atoms with Crippen LogP contribution < -0.4 is 5.32 Å². The number of hydrogen-bond donors (Lipinski definition) is 3. The first-order valence-electron chi connectivity index (χ1n) is 5.01. The fraction of sp³-hybridized carbons (Fsp3) is 0.250. The molecule has 0 spiro atoms. The predicted molar refractivity (Wildman–Crippen MR) is 59.7 cm³/mol. The van der Waals surface area contributed by atoms with Gasteiger partial charge in [0, 0.05) is 12.0 Å². The van der Waals surface area contributed by atoms with Crippen LogP contribution in [0.1, 0.15) is 18.1 Å². The van der Waals surface area contributed by atoms with Gasteiger partial charge in [-0.25, -0.2) is 13.6 Å². The first kappa shape index (κ1) is 13.9. The van der Waals surface area contributed by atoms with Crippen molar-refractivity contribution in [2.45, 2.75) is 18.6 Å². The third kappa shape index (κ3) is 3.43. The Bertz CT molecular complexity index is 485. The minimum atomic E-state index is -1.56. The van der Waals surface area contributed by atoms with Gasteiger partial charge in [-0.2, -0.15) is 0 Å². The van der Waals surface area contributed by atoms with Crippen LogP contribution in [-0.4, -0.2) is 22.3 Å². The maximum Gasteiger partial charge on any atom is 0.405 e. The Labute approximate surface area is 102 Å². The Balaban J connectivity index is 3.01. The maximum atomic E-state index is 13.4. The zero-order valence-electron chi connectivity index (χ0n) is 9.23. The van der Waals surface area contributed by atoms with Crippen LogP contribution in [0.15, 0.2) is 18.2 Å². The second-order valence-corrected chi connectivity index (χ2v) is 3.57.